The molecular formula is C50H30N2O2. The first-order valence-electron chi connectivity index (χ1n) is 18.1. The van der Waals surface area contributed by atoms with Crippen molar-refractivity contribution in [3.05, 3.63) is 182 Å². The van der Waals surface area contributed by atoms with Gasteiger partial charge in [0.1, 0.15) is 22.3 Å². The van der Waals surface area contributed by atoms with Crippen molar-refractivity contribution in [1.82, 2.24) is 9.97 Å². The fraction of sp³-hybridized carbons (Fsp3) is 0. The van der Waals surface area contributed by atoms with Crippen molar-refractivity contribution in [2.45, 2.75) is 0 Å². The van der Waals surface area contributed by atoms with E-state index in [4.69, 9.17) is 18.8 Å². The number of aromatic nitrogens is 2. The molecule has 0 bridgehead atoms. The lowest BCUT2D eigenvalue weighted by Gasteiger charge is -2.13. The molecule has 0 unspecified atom stereocenters. The number of nitrogens with zero attached hydrogens (tertiary/aromatic N) is 2. The highest BCUT2D eigenvalue weighted by Crippen LogP contribution is 2.43. The van der Waals surface area contributed by atoms with Gasteiger partial charge in [-0.25, -0.2) is 9.97 Å². The summed E-state index contributed by atoms with van der Waals surface area (Å²) >= 11 is 0. The number of rotatable bonds is 5. The number of hydrogen-bond acceptors (Lipinski definition) is 4. The Bertz CT molecular complexity index is 3210. The minimum absolute atomic E-state index is 0.630. The normalized spacial score (nSPS) is 11.7. The van der Waals surface area contributed by atoms with Crippen molar-refractivity contribution in [3.8, 4) is 56.2 Å². The van der Waals surface area contributed by atoms with Crippen LogP contribution < -0.4 is 0 Å². The molecule has 11 rings (SSSR count). The van der Waals surface area contributed by atoms with Crippen LogP contribution in [0.25, 0.3) is 111 Å². The van der Waals surface area contributed by atoms with E-state index in [1.165, 1.54) is 10.9 Å². The summed E-state index contributed by atoms with van der Waals surface area (Å²) in [4.78, 5) is 10.7. The van der Waals surface area contributed by atoms with Gasteiger partial charge in [-0.15, -0.1) is 0 Å². The lowest BCUT2D eigenvalue weighted by Crippen LogP contribution is -1.97. The summed E-state index contributed by atoms with van der Waals surface area (Å²) in [7, 11) is 0. The van der Waals surface area contributed by atoms with Gasteiger partial charge in [-0.1, -0.05) is 140 Å². The minimum Gasteiger partial charge on any atom is -0.456 e. The van der Waals surface area contributed by atoms with Gasteiger partial charge in [0, 0.05) is 38.2 Å². The molecule has 0 atom stereocenters. The van der Waals surface area contributed by atoms with Crippen molar-refractivity contribution in [3.63, 3.8) is 0 Å². The van der Waals surface area contributed by atoms with E-state index in [2.05, 4.69) is 146 Å². The molecule has 0 amide bonds. The predicted octanol–water partition coefficient (Wildman–Crippen LogP) is 13.8. The molecule has 252 valence electrons. The highest BCUT2D eigenvalue weighted by atomic mass is 16.3. The van der Waals surface area contributed by atoms with E-state index in [1.54, 1.807) is 0 Å². The second kappa shape index (κ2) is 12.1. The molecule has 0 aliphatic heterocycles. The van der Waals surface area contributed by atoms with Crippen molar-refractivity contribution in [1.29, 1.82) is 0 Å². The number of hydrogen-bond donors (Lipinski definition) is 0. The molecule has 3 aromatic heterocycles. The Morgan fingerprint density at radius 3 is 1.67 bits per heavy atom. The van der Waals surface area contributed by atoms with E-state index in [0.717, 1.165) is 94.0 Å². The molecule has 4 heteroatoms. The van der Waals surface area contributed by atoms with Gasteiger partial charge in [0.15, 0.2) is 5.82 Å². The quantitative estimate of drug-likeness (QED) is 0.180. The summed E-state index contributed by atoms with van der Waals surface area (Å²) in [5, 5.41) is 6.50. The van der Waals surface area contributed by atoms with Crippen LogP contribution in [0, 0.1) is 0 Å². The number of benzene rings is 8. The van der Waals surface area contributed by atoms with E-state index >= 15 is 0 Å². The van der Waals surface area contributed by atoms with Crippen LogP contribution in [0.3, 0.4) is 0 Å². The van der Waals surface area contributed by atoms with E-state index < -0.39 is 0 Å². The largest absolute Gasteiger partial charge is 0.456 e. The molecule has 0 aliphatic carbocycles. The average Bonchev–Trinajstić information content (AvgIpc) is 3.82. The fourth-order valence-electron chi connectivity index (χ4n) is 7.88. The molecule has 54 heavy (non-hydrogen) atoms. The first-order valence-corrected chi connectivity index (χ1v) is 18.1. The fourth-order valence-corrected chi connectivity index (χ4v) is 7.88. The van der Waals surface area contributed by atoms with E-state index in [-0.39, 0.29) is 0 Å². The van der Waals surface area contributed by atoms with Crippen LogP contribution in [0.15, 0.2) is 191 Å². The number of para-hydroxylation sites is 2. The van der Waals surface area contributed by atoms with Crippen LogP contribution in [0.1, 0.15) is 0 Å². The summed E-state index contributed by atoms with van der Waals surface area (Å²) in [5.41, 5.74) is 12.3. The van der Waals surface area contributed by atoms with Crippen LogP contribution in [0.2, 0.25) is 0 Å². The second-order valence-corrected chi connectivity index (χ2v) is 13.7. The smallest absolute Gasteiger partial charge is 0.161 e. The van der Waals surface area contributed by atoms with E-state index in [0.29, 0.717) is 5.82 Å². The van der Waals surface area contributed by atoms with E-state index in [9.17, 15) is 0 Å². The highest BCUT2D eigenvalue weighted by molar-refractivity contribution is 6.16. The summed E-state index contributed by atoms with van der Waals surface area (Å²) < 4.78 is 12.9. The van der Waals surface area contributed by atoms with Gasteiger partial charge in [-0.3, -0.25) is 0 Å². The van der Waals surface area contributed by atoms with Crippen molar-refractivity contribution >= 4 is 54.6 Å². The molecule has 0 saturated carbocycles. The van der Waals surface area contributed by atoms with Crippen molar-refractivity contribution < 1.29 is 8.83 Å². The van der Waals surface area contributed by atoms with Crippen LogP contribution in [-0.2, 0) is 0 Å². The van der Waals surface area contributed by atoms with Gasteiger partial charge < -0.3 is 8.83 Å². The molecule has 4 nitrogen and oxygen atoms in total. The molecule has 0 aliphatic rings. The molecule has 8 aromatic carbocycles. The molecule has 0 fully saturated rings. The monoisotopic (exact) mass is 690 g/mol. The zero-order valence-electron chi connectivity index (χ0n) is 29.0. The minimum atomic E-state index is 0.630. The van der Waals surface area contributed by atoms with Crippen molar-refractivity contribution in [2.75, 3.05) is 0 Å². The summed E-state index contributed by atoms with van der Waals surface area (Å²) in [6.45, 7) is 0. The zero-order valence-corrected chi connectivity index (χ0v) is 29.0. The summed E-state index contributed by atoms with van der Waals surface area (Å²) in [6, 6.07) is 63.2. The molecule has 0 radical (unpaired) electrons. The van der Waals surface area contributed by atoms with Crippen LogP contribution >= 0.6 is 0 Å². The molecule has 0 saturated heterocycles. The Kier molecular flexibility index (Phi) is 6.82. The molecule has 0 spiro atoms. The maximum absolute atomic E-state index is 6.61. The van der Waals surface area contributed by atoms with Gasteiger partial charge >= 0.3 is 0 Å². The lowest BCUT2D eigenvalue weighted by atomic mass is 9.95. The second-order valence-electron chi connectivity index (χ2n) is 13.7. The Balaban J connectivity index is 1.18. The maximum Gasteiger partial charge on any atom is 0.161 e. The lowest BCUT2D eigenvalue weighted by molar-refractivity contribution is 0.668. The topological polar surface area (TPSA) is 52.1 Å². The molecule has 0 N–H and O–H groups in total. The summed E-state index contributed by atoms with van der Waals surface area (Å²) in [6.07, 6.45) is 0. The SMILES string of the molecule is c1ccc(-c2ccc(-c3cc(-c4ccc5ccccc5c4)nc(-c4cc(-c5cccc6oc7ccccc7c56)cc5oc6ccccc6c45)n3)cc2)cc1. The number of furan rings is 2. The third kappa shape index (κ3) is 5.00. The summed E-state index contributed by atoms with van der Waals surface area (Å²) in [5.74, 6) is 0.630. The Labute approximate surface area is 310 Å². The first-order chi connectivity index (χ1) is 26.7. The van der Waals surface area contributed by atoms with Gasteiger partial charge in [0.2, 0.25) is 0 Å². The average molecular weight is 691 g/mol. The Morgan fingerprint density at radius 1 is 0.315 bits per heavy atom. The van der Waals surface area contributed by atoms with Gasteiger partial charge in [-0.2, -0.15) is 0 Å². The van der Waals surface area contributed by atoms with Gasteiger partial charge in [0.25, 0.3) is 0 Å². The van der Waals surface area contributed by atoms with Crippen LogP contribution in [0.4, 0.5) is 0 Å². The molecule has 3 heterocycles. The van der Waals surface area contributed by atoms with Gasteiger partial charge in [0.05, 0.1) is 11.4 Å². The third-order valence-electron chi connectivity index (χ3n) is 10.5. The first kappa shape index (κ1) is 30.3. The molecular weight excluding hydrogens is 661 g/mol. The predicted molar refractivity (Wildman–Crippen MR) is 221 cm³/mol. The van der Waals surface area contributed by atoms with Crippen LogP contribution in [-0.4, -0.2) is 9.97 Å². The maximum atomic E-state index is 6.61. The highest BCUT2D eigenvalue weighted by Gasteiger charge is 2.21. The Morgan fingerprint density at radius 2 is 0.889 bits per heavy atom. The molecule has 11 aromatic rings. The Hall–Kier alpha value is -7.30. The van der Waals surface area contributed by atoms with Crippen LogP contribution in [0.5, 0.6) is 0 Å². The third-order valence-corrected chi connectivity index (χ3v) is 10.5. The zero-order chi connectivity index (χ0) is 35.6. The van der Waals surface area contributed by atoms with E-state index in [1.807, 2.05) is 36.4 Å². The van der Waals surface area contributed by atoms with Gasteiger partial charge in [-0.05, 0) is 75.5 Å². The van der Waals surface area contributed by atoms with Crippen molar-refractivity contribution in [2.24, 2.45) is 0 Å². The number of fused-ring (bicyclic) bond motifs is 7. The standard InChI is InChI=1S/C50H30N2O2/c1-2-11-31(12-3-1)33-21-24-34(25-22-33)42-30-43(36-26-23-32-13-4-5-14-35(32)27-36)52-50(51-42)41-28-37(29-47-49(41)40-16-7-9-19-45(40)54-47)38-17-10-20-46-48(38)39-15-6-8-18-44(39)53-46/h1-30H.